The van der Waals surface area contributed by atoms with Crippen LogP contribution < -0.4 is 5.73 Å². The molecule has 0 aromatic rings. The van der Waals surface area contributed by atoms with Gasteiger partial charge in [-0.25, -0.2) is 4.79 Å². The van der Waals surface area contributed by atoms with Crippen LogP contribution in [0.2, 0.25) is 0 Å². The average molecular weight is 128 g/mol. The van der Waals surface area contributed by atoms with Gasteiger partial charge in [0.05, 0.1) is 12.2 Å². The molecule has 0 rings (SSSR count). The Bertz CT molecular complexity index is 129. The summed E-state index contributed by atoms with van der Waals surface area (Å²) in [5.74, 6) is -0.410. The molecule has 0 saturated carbocycles. The molecule has 0 saturated heterocycles. The van der Waals surface area contributed by atoms with E-state index in [9.17, 15) is 4.79 Å². The van der Waals surface area contributed by atoms with Crippen LogP contribution in [-0.4, -0.2) is 12.6 Å². The van der Waals surface area contributed by atoms with Crippen LogP contribution in [0.3, 0.4) is 0 Å². The van der Waals surface area contributed by atoms with Crippen molar-refractivity contribution < 1.29 is 9.53 Å². The van der Waals surface area contributed by atoms with E-state index in [1.165, 1.54) is 0 Å². The zero-order valence-electron chi connectivity index (χ0n) is 5.60. The van der Waals surface area contributed by atoms with Gasteiger partial charge >= 0.3 is 5.97 Å². The molecule has 0 aromatic heterocycles. The fourth-order valence-corrected chi connectivity index (χ4v) is 0.304. The first-order valence-electron chi connectivity index (χ1n) is 2.73. The molecular weight excluding hydrogens is 118 g/mol. The minimum absolute atomic E-state index is 0.330. The maximum Gasteiger partial charge on any atom is 0.335 e. The van der Waals surface area contributed by atoms with Crippen LogP contribution in [0.4, 0.5) is 0 Å². The monoisotopic (exact) mass is 128 g/mol. The predicted octanol–water partition coefficient (Wildman–Crippen LogP) is 0.736. The molecule has 1 radical (unpaired) electrons. The maximum absolute atomic E-state index is 10.6. The van der Waals surface area contributed by atoms with E-state index in [-0.39, 0.29) is 0 Å². The van der Waals surface area contributed by atoms with E-state index in [0.717, 1.165) is 6.20 Å². The summed E-state index contributed by atoms with van der Waals surface area (Å²) in [6, 6.07) is 0. The van der Waals surface area contributed by atoms with E-state index in [0.29, 0.717) is 12.2 Å². The van der Waals surface area contributed by atoms with Crippen LogP contribution >= 0.6 is 0 Å². The standard InChI is InChI=1S/C6H10NO2/c1-3-9-6(8)5(2)4-7/h4,7H,3H2,1-2H3/b5-4+. The molecule has 0 amide bonds. The van der Waals surface area contributed by atoms with Crippen LogP contribution in [0.5, 0.6) is 0 Å². The number of hydrogen-bond acceptors (Lipinski definition) is 2. The Balaban J connectivity index is 3.74. The van der Waals surface area contributed by atoms with Crippen molar-refractivity contribution in [2.45, 2.75) is 13.8 Å². The molecule has 0 aliphatic rings. The Labute approximate surface area is 54.5 Å². The zero-order chi connectivity index (χ0) is 7.28. The number of carbonyl (C=O) groups excluding carboxylic acids is 1. The van der Waals surface area contributed by atoms with Crippen molar-refractivity contribution in [3.63, 3.8) is 0 Å². The molecular formula is C6H10NO2. The number of ether oxygens (including phenoxy) is 1. The maximum atomic E-state index is 10.6. The molecule has 3 heteroatoms. The van der Waals surface area contributed by atoms with Crippen molar-refractivity contribution in [3.05, 3.63) is 11.8 Å². The summed E-state index contributed by atoms with van der Waals surface area (Å²) in [6.45, 7) is 3.64. The lowest BCUT2D eigenvalue weighted by atomic mass is 10.3. The Kier molecular flexibility index (Phi) is 3.51. The second-order valence-electron chi connectivity index (χ2n) is 1.55. The molecule has 0 bridgehead atoms. The normalized spacial score (nSPS) is 11.1. The molecule has 0 atom stereocenters. The lowest BCUT2D eigenvalue weighted by Crippen LogP contribution is -2.04. The first-order chi connectivity index (χ1) is 4.22. The van der Waals surface area contributed by atoms with Crippen molar-refractivity contribution >= 4 is 5.97 Å². The minimum Gasteiger partial charge on any atom is -0.463 e. The molecule has 51 valence electrons. The first-order valence-corrected chi connectivity index (χ1v) is 2.73. The SMILES string of the molecule is CCOC(=O)/C(C)=C/[NH]. The summed E-state index contributed by atoms with van der Waals surface area (Å²) in [6.07, 6.45) is 0.984. The van der Waals surface area contributed by atoms with Gasteiger partial charge < -0.3 is 10.5 Å². The fraction of sp³-hybridized carbons (Fsp3) is 0.500. The molecule has 0 aliphatic heterocycles. The van der Waals surface area contributed by atoms with Gasteiger partial charge in [0.25, 0.3) is 0 Å². The summed E-state index contributed by atoms with van der Waals surface area (Å²) >= 11 is 0. The first kappa shape index (κ1) is 8.01. The van der Waals surface area contributed by atoms with Crippen LogP contribution in [0.25, 0.3) is 0 Å². The minimum atomic E-state index is -0.410. The quantitative estimate of drug-likeness (QED) is 0.406. The van der Waals surface area contributed by atoms with Crippen molar-refractivity contribution in [2.75, 3.05) is 6.61 Å². The van der Waals surface area contributed by atoms with Gasteiger partial charge in [0.15, 0.2) is 0 Å². The molecule has 0 heterocycles. The number of nitrogens with one attached hydrogen (secondary N) is 1. The number of hydrogen-bond donors (Lipinski definition) is 0. The van der Waals surface area contributed by atoms with Gasteiger partial charge in [-0.05, 0) is 13.8 Å². The van der Waals surface area contributed by atoms with Gasteiger partial charge in [-0.3, -0.25) is 0 Å². The van der Waals surface area contributed by atoms with E-state index in [1.807, 2.05) is 0 Å². The number of esters is 1. The second kappa shape index (κ2) is 3.95. The Morgan fingerprint density at radius 2 is 2.33 bits per heavy atom. The van der Waals surface area contributed by atoms with Crippen LogP contribution in [0.1, 0.15) is 13.8 Å². The van der Waals surface area contributed by atoms with Crippen molar-refractivity contribution in [2.24, 2.45) is 0 Å². The highest BCUT2D eigenvalue weighted by atomic mass is 16.5. The van der Waals surface area contributed by atoms with Gasteiger partial charge in [0.2, 0.25) is 0 Å². The highest BCUT2D eigenvalue weighted by Crippen LogP contribution is 1.92. The summed E-state index contributed by atoms with van der Waals surface area (Å²) in [5, 5.41) is 0. The van der Waals surface area contributed by atoms with Gasteiger partial charge in [-0.15, -0.1) is 0 Å². The van der Waals surface area contributed by atoms with Crippen molar-refractivity contribution in [1.29, 1.82) is 0 Å². The topological polar surface area (TPSA) is 50.1 Å². The van der Waals surface area contributed by atoms with E-state index in [2.05, 4.69) is 4.74 Å². The van der Waals surface area contributed by atoms with Gasteiger partial charge in [0.1, 0.15) is 0 Å². The molecule has 0 spiro atoms. The fourth-order valence-electron chi connectivity index (χ4n) is 0.304. The van der Waals surface area contributed by atoms with E-state index < -0.39 is 5.97 Å². The van der Waals surface area contributed by atoms with E-state index >= 15 is 0 Å². The largest absolute Gasteiger partial charge is 0.463 e. The second-order valence-corrected chi connectivity index (χ2v) is 1.55. The zero-order valence-corrected chi connectivity index (χ0v) is 5.60. The molecule has 1 N–H and O–H groups in total. The third-order valence-electron chi connectivity index (χ3n) is 0.814. The lowest BCUT2D eigenvalue weighted by Gasteiger charge is -1.97. The Hall–Kier alpha value is -0.990. The predicted molar refractivity (Wildman–Crippen MR) is 33.5 cm³/mol. The molecule has 9 heavy (non-hydrogen) atoms. The molecule has 0 aliphatic carbocycles. The van der Waals surface area contributed by atoms with Gasteiger partial charge in [-0.1, -0.05) is 0 Å². The Morgan fingerprint density at radius 3 is 2.67 bits per heavy atom. The lowest BCUT2D eigenvalue weighted by molar-refractivity contribution is -0.138. The highest BCUT2D eigenvalue weighted by Gasteiger charge is 2.01. The third kappa shape index (κ3) is 2.74. The molecule has 0 fully saturated rings. The van der Waals surface area contributed by atoms with Crippen LogP contribution in [0, 0.1) is 0 Å². The summed E-state index contributed by atoms with van der Waals surface area (Å²) in [4.78, 5) is 10.6. The number of carbonyl (C=O) groups is 1. The van der Waals surface area contributed by atoms with Gasteiger partial charge in [-0.2, -0.15) is 0 Å². The van der Waals surface area contributed by atoms with Crippen LogP contribution in [0.15, 0.2) is 11.8 Å². The Morgan fingerprint density at radius 1 is 1.78 bits per heavy atom. The molecule has 0 aromatic carbocycles. The van der Waals surface area contributed by atoms with E-state index in [4.69, 9.17) is 5.73 Å². The highest BCUT2D eigenvalue weighted by molar-refractivity contribution is 5.87. The average Bonchev–Trinajstić information content (AvgIpc) is 1.87. The molecule has 0 unspecified atom stereocenters. The van der Waals surface area contributed by atoms with Crippen molar-refractivity contribution in [1.82, 2.24) is 5.73 Å². The van der Waals surface area contributed by atoms with E-state index in [1.54, 1.807) is 13.8 Å². The summed E-state index contributed by atoms with van der Waals surface area (Å²) in [5.41, 5.74) is 6.99. The summed E-state index contributed by atoms with van der Waals surface area (Å²) in [7, 11) is 0. The van der Waals surface area contributed by atoms with Crippen LogP contribution in [-0.2, 0) is 9.53 Å². The van der Waals surface area contributed by atoms with Crippen molar-refractivity contribution in [3.8, 4) is 0 Å². The third-order valence-corrected chi connectivity index (χ3v) is 0.814. The number of rotatable bonds is 2. The summed E-state index contributed by atoms with van der Waals surface area (Å²) < 4.78 is 4.57. The van der Waals surface area contributed by atoms with Gasteiger partial charge in [0, 0.05) is 6.20 Å². The smallest absolute Gasteiger partial charge is 0.335 e. The molecule has 3 nitrogen and oxygen atoms in total.